The molecule has 2 atom stereocenters. The molecule has 0 radical (unpaired) electrons. The van der Waals surface area contributed by atoms with Gasteiger partial charge in [-0.2, -0.15) is 0 Å². The highest BCUT2D eigenvalue weighted by Crippen LogP contribution is 2.29. The summed E-state index contributed by atoms with van der Waals surface area (Å²) >= 11 is 0. The second kappa shape index (κ2) is 4.64. The van der Waals surface area contributed by atoms with Crippen LogP contribution in [0.5, 0.6) is 0 Å². The van der Waals surface area contributed by atoms with Gasteiger partial charge in [0.05, 0.1) is 12.5 Å². The highest BCUT2D eigenvalue weighted by atomic mass is 16.6. The Labute approximate surface area is 89.9 Å². The topological polar surface area (TPSA) is 52.6 Å². The number of carbonyl (C=O) groups excluding carboxylic acids is 2. The molecule has 1 heterocycles. The number of carbonyl (C=O) groups is 2. The van der Waals surface area contributed by atoms with Crippen LogP contribution in [-0.2, 0) is 19.1 Å². The van der Waals surface area contributed by atoms with Gasteiger partial charge in [0.2, 0.25) is 5.60 Å². The number of rotatable bonds is 4. The zero-order chi connectivity index (χ0) is 11.5. The van der Waals surface area contributed by atoms with Crippen LogP contribution < -0.4 is 0 Å². The molecule has 0 aromatic rings. The minimum absolute atomic E-state index is 0.165. The van der Waals surface area contributed by atoms with Crippen molar-refractivity contribution < 1.29 is 19.1 Å². The molecular formula is C11H18O4. The van der Waals surface area contributed by atoms with Gasteiger partial charge in [0.25, 0.3) is 0 Å². The lowest BCUT2D eigenvalue weighted by Crippen LogP contribution is -2.40. The first-order valence-corrected chi connectivity index (χ1v) is 5.45. The molecule has 1 rings (SSSR count). The van der Waals surface area contributed by atoms with Gasteiger partial charge in [-0.15, -0.1) is 0 Å². The van der Waals surface area contributed by atoms with Gasteiger partial charge in [-0.3, -0.25) is 4.79 Å². The zero-order valence-electron chi connectivity index (χ0n) is 9.54. The quantitative estimate of drug-likeness (QED) is 0.668. The van der Waals surface area contributed by atoms with Gasteiger partial charge in [0.1, 0.15) is 0 Å². The molecule has 0 aliphatic carbocycles. The zero-order valence-corrected chi connectivity index (χ0v) is 9.54. The molecule has 0 aromatic carbocycles. The average molecular weight is 214 g/mol. The molecule has 15 heavy (non-hydrogen) atoms. The van der Waals surface area contributed by atoms with Crippen molar-refractivity contribution in [2.45, 2.75) is 45.6 Å². The lowest BCUT2D eigenvalue weighted by Gasteiger charge is -2.24. The Kier molecular flexibility index (Phi) is 3.72. The van der Waals surface area contributed by atoms with Crippen LogP contribution in [0.1, 0.15) is 40.0 Å². The Hall–Kier alpha value is -1.06. The summed E-state index contributed by atoms with van der Waals surface area (Å²) in [7, 11) is 0. The van der Waals surface area contributed by atoms with Gasteiger partial charge in [-0.05, 0) is 12.8 Å². The number of esters is 2. The lowest BCUT2D eigenvalue weighted by atomic mass is 9.98. The Bertz CT molecular complexity index is 261. The van der Waals surface area contributed by atoms with Crippen molar-refractivity contribution in [3.05, 3.63) is 0 Å². The Morgan fingerprint density at radius 3 is 2.67 bits per heavy atom. The predicted molar refractivity (Wildman–Crippen MR) is 54.1 cm³/mol. The van der Waals surface area contributed by atoms with Gasteiger partial charge in [0.15, 0.2) is 0 Å². The average Bonchev–Trinajstić information content (AvgIpc) is 2.59. The first-order chi connectivity index (χ1) is 7.05. The summed E-state index contributed by atoms with van der Waals surface area (Å²) in [5.41, 5.74) is -1.01. The molecule has 0 amide bonds. The van der Waals surface area contributed by atoms with E-state index in [-0.39, 0.29) is 11.9 Å². The minimum Gasteiger partial charge on any atom is -0.463 e. The van der Waals surface area contributed by atoms with E-state index in [1.807, 2.05) is 13.8 Å². The van der Waals surface area contributed by atoms with Crippen LogP contribution in [0.15, 0.2) is 0 Å². The third-order valence-corrected chi connectivity index (χ3v) is 2.99. The van der Waals surface area contributed by atoms with Crippen LogP contribution >= 0.6 is 0 Å². The second-order valence-corrected chi connectivity index (χ2v) is 3.96. The fraction of sp³-hybridized carbons (Fsp3) is 0.818. The Balaban J connectivity index is 2.69. The third-order valence-electron chi connectivity index (χ3n) is 2.99. The largest absolute Gasteiger partial charge is 0.463 e. The molecule has 0 spiro atoms. The van der Waals surface area contributed by atoms with Gasteiger partial charge >= 0.3 is 11.9 Å². The second-order valence-electron chi connectivity index (χ2n) is 3.96. The van der Waals surface area contributed by atoms with E-state index in [1.165, 1.54) is 0 Å². The minimum atomic E-state index is -1.01. The Morgan fingerprint density at radius 2 is 2.27 bits per heavy atom. The molecule has 4 nitrogen and oxygen atoms in total. The van der Waals surface area contributed by atoms with Gasteiger partial charge < -0.3 is 9.47 Å². The fourth-order valence-electron chi connectivity index (χ4n) is 1.49. The molecule has 86 valence electrons. The van der Waals surface area contributed by atoms with Crippen LogP contribution in [0.4, 0.5) is 0 Å². The number of hydrogen-bond acceptors (Lipinski definition) is 4. The van der Waals surface area contributed by atoms with Crippen molar-refractivity contribution in [1.82, 2.24) is 0 Å². The lowest BCUT2D eigenvalue weighted by molar-refractivity contribution is -0.176. The molecule has 1 fully saturated rings. The summed E-state index contributed by atoms with van der Waals surface area (Å²) in [5.74, 6) is -0.873. The maximum Gasteiger partial charge on any atom is 0.350 e. The summed E-state index contributed by atoms with van der Waals surface area (Å²) in [5, 5.41) is 0. The highest BCUT2D eigenvalue weighted by molar-refractivity contribution is 5.85. The molecule has 0 bridgehead atoms. The van der Waals surface area contributed by atoms with Crippen molar-refractivity contribution in [3.63, 3.8) is 0 Å². The number of cyclic esters (lactones) is 1. The predicted octanol–water partition coefficient (Wildman–Crippen LogP) is 1.67. The first-order valence-electron chi connectivity index (χ1n) is 5.45. The number of ether oxygens (including phenoxy) is 2. The van der Waals surface area contributed by atoms with E-state index in [2.05, 4.69) is 0 Å². The molecule has 1 saturated heterocycles. The summed E-state index contributed by atoms with van der Waals surface area (Å²) in [6, 6.07) is 0. The third kappa shape index (κ3) is 2.30. The smallest absolute Gasteiger partial charge is 0.350 e. The maximum atomic E-state index is 11.6. The molecule has 4 heteroatoms. The van der Waals surface area contributed by atoms with Gasteiger partial charge in [0, 0.05) is 6.42 Å². The van der Waals surface area contributed by atoms with E-state index in [1.54, 1.807) is 6.92 Å². The van der Waals surface area contributed by atoms with Gasteiger partial charge in [-0.1, -0.05) is 20.8 Å². The molecule has 2 unspecified atom stereocenters. The summed E-state index contributed by atoms with van der Waals surface area (Å²) in [6.45, 7) is 5.89. The van der Waals surface area contributed by atoms with Gasteiger partial charge in [-0.25, -0.2) is 4.79 Å². The number of hydrogen-bond donors (Lipinski definition) is 0. The van der Waals surface area contributed by atoms with Crippen molar-refractivity contribution in [1.29, 1.82) is 0 Å². The Morgan fingerprint density at radius 1 is 1.60 bits per heavy atom. The fourth-order valence-corrected chi connectivity index (χ4v) is 1.49. The van der Waals surface area contributed by atoms with Crippen LogP contribution in [0.3, 0.4) is 0 Å². The van der Waals surface area contributed by atoms with E-state index in [4.69, 9.17) is 9.47 Å². The first kappa shape index (κ1) is 12.0. The molecular weight excluding hydrogens is 196 g/mol. The van der Waals surface area contributed by atoms with Crippen molar-refractivity contribution >= 4 is 11.9 Å². The van der Waals surface area contributed by atoms with E-state index in [0.717, 1.165) is 0 Å². The molecule has 0 N–H and O–H groups in total. The van der Waals surface area contributed by atoms with Crippen LogP contribution in [0, 0.1) is 5.92 Å². The SMILES string of the molecule is CCC(C)C(=O)OC1(CC)CCOC1=O. The van der Waals surface area contributed by atoms with E-state index < -0.39 is 11.6 Å². The van der Waals surface area contributed by atoms with E-state index in [9.17, 15) is 9.59 Å². The molecule has 0 aromatic heterocycles. The van der Waals surface area contributed by atoms with E-state index >= 15 is 0 Å². The molecule has 1 aliphatic rings. The van der Waals surface area contributed by atoms with Crippen LogP contribution in [0.2, 0.25) is 0 Å². The molecule has 0 saturated carbocycles. The summed E-state index contributed by atoms with van der Waals surface area (Å²) < 4.78 is 10.2. The maximum absolute atomic E-state index is 11.6. The van der Waals surface area contributed by atoms with Crippen molar-refractivity contribution in [2.75, 3.05) is 6.61 Å². The summed E-state index contributed by atoms with van der Waals surface area (Å²) in [4.78, 5) is 23.1. The van der Waals surface area contributed by atoms with Crippen LogP contribution in [0.25, 0.3) is 0 Å². The molecule has 1 aliphatic heterocycles. The van der Waals surface area contributed by atoms with Crippen molar-refractivity contribution in [2.24, 2.45) is 5.92 Å². The van der Waals surface area contributed by atoms with Crippen molar-refractivity contribution in [3.8, 4) is 0 Å². The van der Waals surface area contributed by atoms with Crippen LogP contribution in [-0.4, -0.2) is 24.1 Å². The summed E-state index contributed by atoms with van der Waals surface area (Å²) in [6.07, 6.45) is 1.67. The highest BCUT2D eigenvalue weighted by Gasteiger charge is 2.47. The normalized spacial score (nSPS) is 27.3. The van der Waals surface area contributed by atoms with E-state index in [0.29, 0.717) is 25.9 Å². The monoisotopic (exact) mass is 214 g/mol. The standard InChI is InChI=1S/C11H18O4/c1-4-8(3)9(12)15-11(5-2)6-7-14-10(11)13/h8H,4-7H2,1-3H3.